The minimum absolute atomic E-state index is 0.240. The van der Waals surface area contributed by atoms with Gasteiger partial charge in [-0.1, -0.05) is 42.5 Å². The van der Waals surface area contributed by atoms with Gasteiger partial charge in [0, 0.05) is 17.0 Å². The first-order valence-electron chi connectivity index (χ1n) is 8.93. The molecule has 0 aliphatic rings. The molecular formula is C24H17FN2. The zero-order valence-corrected chi connectivity index (χ0v) is 14.9. The Balaban J connectivity index is 1.74. The molecule has 2 heterocycles. The Morgan fingerprint density at radius 1 is 0.852 bits per heavy atom. The van der Waals surface area contributed by atoms with E-state index in [1.807, 2.05) is 19.1 Å². The van der Waals surface area contributed by atoms with Crippen molar-refractivity contribution < 1.29 is 4.39 Å². The lowest BCUT2D eigenvalue weighted by atomic mass is 10.0. The van der Waals surface area contributed by atoms with Gasteiger partial charge in [-0.25, -0.2) is 9.37 Å². The second kappa shape index (κ2) is 6.06. The van der Waals surface area contributed by atoms with Crippen LogP contribution in [0.1, 0.15) is 5.56 Å². The first-order valence-corrected chi connectivity index (χ1v) is 8.93. The van der Waals surface area contributed by atoms with E-state index in [-0.39, 0.29) is 5.82 Å². The van der Waals surface area contributed by atoms with Gasteiger partial charge in [0.05, 0.1) is 11.0 Å². The van der Waals surface area contributed by atoms with Crippen molar-refractivity contribution in [1.29, 1.82) is 0 Å². The van der Waals surface area contributed by atoms with Crippen LogP contribution in [-0.4, -0.2) is 9.55 Å². The van der Waals surface area contributed by atoms with E-state index >= 15 is 0 Å². The summed E-state index contributed by atoms with van der Waals surface area (Å²) < 4.78 is 15.6. The maximum atomic E-state index is 13.5. The number of benzene rings is 3. The SMILES string of the molecule is Cc1cc2cc(F)ccc2nc1-n1ccc2c(-c3ccccc3)cccc21. The van der Waals surface area contributed by atoms with Gasteiger partial charge in [-0.3, -0.25) is 0 Å². The first-order chi connectivity index (χ1) is 13.2. The third-order valence-corrected chi connectivity index (χ3v) is 4.99. The van der Waals surface area contributed by atoms with Gasteiger partial charge in [-0.05, 0) is 60.0 Å². The molecule has 0 saturated heterocycles. The van der Waals surface area contributed by atoms with Crippen molar-refractivity contribution in [1.82, 2.24) is 9.55 Å². The highest BCUT2D eigenvalue weighted by molar-refractivity contribution is 5.96. The lowest BCUT2D eigenvalue weighted by molar-refractivity contribution is 0.629. The normalized spacial score (nSPS) is 11.3. The molecule has 3 heteroatoms. The van der Waals surface area contributed by atoms with Crippen LogP contribution in [0.25, 0.3) is 38.8 Å². The average Bonchev–Trinajstić information content (AvgIpc) is 3.12. The number of nitrogens with zero attached hydrogens (tertiary/aromatic N) is 2. The van der Waals surface area contributed by atoms with Gasteiger partial charge < -0.3 is 4.57 Å². The summed E-state index contributed by atoms with van der Waals surface area (Å²) in [6.07, 6.45) is 2.06. The minimum Gasteiger partial charge on any atom is -0.301 e. The maximum Gasteiger partial charge on any atom is 0.140 e. The van der Waals surface area contributed by atoms with Crippen LogP contribution in [0.3, 0.4) is 0 Å². The van der Waals surface area contributed by atoms with Gasteiger partial charge in [0.1, 0.15) is 11.6 Å². The van der Waals surface area contributed by atoms with Crippen LogP contribution in [0.2, 0.25) is 0 Å². The Kier molecular flexibility index (Phi) is 3.54. The molecule has 0 saturated carbocycles. The van der Waals surface area contributed by atoms with Gasteiger partial charge in [-0.15, -0.1) is 0 Å². The molecule has 2 nitrogen and oxygen atoms in total. The van der Waals surface area contributed by atoms with E-state index in [1.54, 1.807) is 6.07 Å². The molecule has 0 N–H and O–H groups in total. The highest BCUT2D eigenvalue weighted by atomic mass is 19.1. The van der Waals surface area contributed by atoms with Crippen LogP contribution in [0.4, 0.5) is 4.39 Å². The topological polar surface area (TPSA) is 17.8 Å². The van der Waals surface area contributed by atoms with Crippen LogP contribution >= 0.6 is 0 Å². The first kappa shape index (κ1) is 15.8. The summed E-state index contributed by atoms with van der Waals surface area (Å²) in [6, 6.07) is 25.6. The smallest absolute Gasteiger partial charge is 0.140 e. The zero-order valence-electron chi connectivity index (χ0n) is 14.9. The molecule has 2 aromatic heterocycles. The number of rotatable bonds is 2. The van der Waals surface area contributed by atoms with E-state index in [0.29, 0.717) is 0 Å². The number of aryl methyl sites for hydroxylation is 1. The number of hydrogen-bond donors (Lipinski definition) is 0. The van der Waals surface area contributed by atoms with E-state index in [9.17, 15) is 4.39 Å². The molecule has 0 radical (unpaired) electrons. The van der Waals surface area contributed by atoms with E-state index in [0.717, 1.165) is 27.8 Å². The van der Waals surface area contributed by atoms with Crippen molar-refractivity contribution in [2.24, 2.45) is 0 Å². The molecule has 0 spiro atoms. The largest absolute Gasteiger partial charge is 0.301 e. The zero-order chi connectivity index (χ0) is 18.4. The van der Waals surface area contributed by atoms with Crippen molar-refractivity contribution in [3.05, 3.63) is 96.4 Å². The summed E-state index contributed by atoms with van der Waals surface area (Å²) in [6.45, 7) is 2.01. The van der Waals surface area contributed by atoms with Gasteiger partial charge in [0.15, 0.2) is 0 Å². The number of hydrogen-bond acceptors (Lipinski definition) is 1. The Morgan fingerprint density at radius 3 is 2.56 bits per heavy atom. The summed E-state index contributed by atoms with van der Waals surface area (Å²) in [4.78, 5) is 4.81. The van der Waals surface area contributed by atoms with Crippen LogP contribution in [-0.2, 0) is 0 Å². The number of fused-ring (bicyclic) bond motifs is 2. The molecule has 27 heavy (non-hydrogen) atoms. The molecule has 5 rings (SSSR count). The maximum absolute atomic E-state index is 13.5. The summed E-state index contributed by atoms with van der Waals surface area (Å²) in [5, 5.41) is 2.00. The fourth-order valence-corrected chi connectivity index (χ4v) is 3.71. The summed E-state index contributed by atoms with van der Waals surface area (Å²) in [7, 11) is 0. The second-order valence-corrected chi connectivity index (χ2v) is 6.76. The number of aromatic nitrogens is 2. The molecule has 0 atom stereocenters. The van der Waals surface area contributed by atoms with E-state index in [1.165, 1.54) is 28.6 Å². The van der Waals surface area contributed by atoms with Crippen molar-refractivity contribution in [2.45, 2.75) is 6.92 Å². The fourth-order valence-electron chi connectivity index (χ4n) is 3.71. The third kappa shape index (κ3) is 2.59. The van der Waals surface area contributed by atoms with Crippen LogP contribution in [0, 0.1) is 12.7 Å². The van der Waals surface area contributed by atoms with Crippen molar-refractivity contribution in [2.75, 3.05) is 0 Å². The number of pyridine rings is 1. The average molecular weight is 352 g/mol. The Hall–Kier alpha value is -3.46. The van der Waals surface area contributed by atoms with Crippen molar-refractivity contribution in [3.8, 4) is 16.9 Å². The Morgan fingerprint density at radius 2 is 1.70 bits per heavy atom. The molecule has 5 aromatic rings. The van der Waals surface area contributed by atoms with E-state index < -0.39 is 0 Å². The summed E-state index contributed by atoms with van der Waals surface area (Å²) in [5.41, 5.74) is 5.30. The molecule has 3 aromatic carbocycles. The van der Waals surface area contributed by atoms with Gasteiger partial charge in [0.25, 0.3) is 0 Å². The summed E-state index contributed by atoms with van der Waals surface area (Å²) in [5.74, 6) is 0.629. The van der Waals surface area contributed by atoms with Crippen LogP contribution < -0.4 is 0 Å². The third-order valence-electron chi connectivity index (χ3n) is 4.99. The predicted octanol–water partition coefficient (Wildman–Crippen LogP) is 6.29. The molecule has 130 valence electrons. The van der Waals surface area contributed by atoms with Gasteiger partial charge in [0.2, 0.25) is 0 Å². The number of halogens is 1. The van der Waals surface area contributed by atoms with E-state index in [4.69, 9.17) is 4.98 Å². The molecule has 0 fully saturated rings. The predicted molar refractivity (Wildman–Crippen MR) is 109 cm³/mol. The second-order valence-electron chi connectivity index (χ2n) is 6.76. The Labute approximate surface area is 156 Å². The van der Waals surface area contributed by atoms with Gasteiger partial charge >= 0.3 is 0 Å². The fraction of sp³-hybridized carbons (Fsp3) is 0.0417. The van der Waals surface area contributed by atoms with Gasteiger partial charge in [-0.2, -0.15) is 0 Å². The molecule has 0 unspecified atom stereocenters. The van der Waals surface area contributed by atoms with E-state index in [2.05, 4.69) is 59.3 Å². The molecule has 0 aliphatic carbocycles. The van der Waals surface area contributed by atoms with Crippen LogP contribution in [0.5, 0.6) is 0 Å². The molecule has 0 aliphatic heterocycles. The quantitative estimate of drug-likeness (QED) is 0.365. The highest BCUT2D eigenvalue weighted by Crippen LogP contribution is 2.31. The summed E-state index contributed by atoms with van der Waals surface area (Å²) >= 11 is 0. The standard InChI is InChI=1S/C24H17FN2/c1-16-14-18-15-19(25)10-11-22(18)26-24(16)27-13-12-21-20(8-5-9-23(21)27)17-6-3-2-4-7-17/h2-15H,1H3. The highest BCUT2D eigenvalue weighted by Gasteiger charge is 2.12. The lowest BCUT2D eigenvalue weighted by Gasteiger charge is -2.11. The van der Waals surface area contributed by atoms with Crippen molar-refractivity contribution in [3.63, 3.8) is 0 Å². The van der Waals surface area contributed by atoms with Crippen LogP contribution in [0.15, 0.2) is 85.1 Å². The monoisotopic (exact) mass is 352 g/mol. The molecular weight excluding hydrogens is 335 g/mol. The molecule has 0 amide bonds. The lowest BCUT2D eigenvalue weighted by Crippen LogP contribution is -2.00. The molecule has 0 bridgehead atoms. The minimum atomic E-state index is -0.240. The van der Waals surface area contributed by atoms with Crippen molar-refractivity contribution >= 4 is 21.8 Å². The Bertz CT molecular complexity index is 1290.